The molecule has 0 N–H and O–H groups in total. The van der Waals surface area contributed by atoms with E-state index in [4.69, 9.17) is 23.2 Å². The molecule has 1 rings (SSSR count). The van der Waals surface area contributed by atoms with Gasteiger partial charge in [-0.3, -0.25) is 9.59 Å². The zero-order valence-corrected chi connectivity index (χ0v) is 14.3. The third-order valence-corrected chi connectivity index (χ3v) is 3.84. The fourth-order valence-corrected chi connectivity index (χ4v) is 2.43. The van der Waals surface area contributed by atoms with E-state index in [1.165, 1.54) is 13.2 Å². The maximum atomic E-state index is 12.2. The van der Waals surface area contributed by atoms with Crippen LogP contribution in [0.3, 0.4) is 0 Å². The van der Waals surface area contributed by atoms with Crippen LogP contribution in [0.1, 0.15) is 19.4 Å². The molecule has 1 amide bonds. The molecule has 1 unspecified atom stereocenters. The molecule has 0 saturated carbocycles. The number of carbonyl (C=O) groups is 2. The zero-order chi connectivity index (χ0) is 16.7. The van der Waals surface area contributed by atoms with Gasteiger partial charge in [-0.15, -0.1) is 0 Å². The van der Waals surface area contributed by atoms with E-state index in [9.17, 15) is 9.59 Å². The molecule has 0 aliphatic heterocycles. The van der Waals surface area contributed by atoms with Crippen molar-refractivity contribution in [2.45, 2.75) is 13.8 Å². The SMILES string of the molecule is CCN(CC(C)C(=O)OC)C(=O)/C=C/c1c(Cl)cccc1Cl. The number of likely N-dealkylation sites (N-methyl/N-ethyl adjacent to an activating group) is 1. The van der Waals surface area contributed by atoms with Gasteiger partial charge in [0.05, 0.1) is 13.0 Å². The molecule has 0 heterocycles. The van der Waals surface area contributed by atoms with Crippen LogP contribution >= 0.6 is 23.2 Å². The third kappa shape index (κ3) is 5.04. The quantitative estimate of drug-likeness (QED) is 0.584. The Bertz CT molecular complexity index is 552. The van der Waals surface area contributed by atoms with Gasteiger partial charge in [-0.2, -0.15) is 0 Å². The van der Waals surface area contributed by atoms with Gasteiger partial charge in [-0.1, -0.05) is 36.2 Å². The second-order valence-corrected chi connectivity index (χ2v) is 5.58. The lowest BCUT2D eigenvalue weighted by Gasteiger charge is -2.22. The lowest BCUT2D eigenvalue weighted by Crippen LogP contribution is -2.36. The number of nitrogens with zero attached hydrogens (tertiary/aromatic N) is 1. The Labute approximate surface area is 140 Å². The van der Waals surface area contributed by atoms with Crippen molar-refractivity contribution >= 4 is 41.2 Å². The molecule has 22 heavy (non-hydrogen) atoms. The summed E-state index contributed by atoms with van der Waals surface area (Å²) in [6.45, 7) is 4.35. The highest BCUT2D eigenvalue weighted by Crippen LogP contribution is 2.25. The van der Waals surface area contributed by atoms with Crippen LogP contribution in [0.25, 0.3) is 6.08 Å². The summed E-state index contributed by atoms with van der Waals surface area (Å²) >= 11 is 12.1. The summed E-state index contributed by atoms with van der Waals surface area (Å²) in [4.78, 5) is 25.2. The molecule has 0 fully saturated rings. The third-order valence-electron chi connectivity index (χ3n) is 3.18. The fraction of sp³-hybridized carbons (Fsp3) is 0.375. The van der Waals surface area contributed by atoms with Crippen LogP contribution in [-0.2, 0) is 14.3 Å². The minimum atomic E-state index is -0.383. The molecule has 120 valence electrons. The normalized spacial score (nSPS) is 12.2. The Morgan fingerprint density at radius 1 is 1.32 bits per heavy atom. The van der Waals surface area contributed by atoms with Crippen molar-refractivity contribution in [1.29, 1.82) is 0 Å². The predicted octanol–water partition coefficient (Wildman–Crippen LogP) is 3.66. The molecule has 4 nitrogen and oxygen atoms in total. The van der Waals surface area contributed by atoms with Crippen LogP contribution in [0.2, 0.25) is 10.0 Å². The topological polar surface area (TPSA) is 46.6 Å². The average molecular weight is 344 g/mol. The Balaban J connectivity index is 2.81. The maximum absolute atomic E-state index is 12.2. The minimum Gasteiger partial charge on any atom is -0.469 e. The lowest BCUT2D eigenvalue weighted by molar-refractivity contribution is -0.146. The Hall–Kier alpha value is -1.52. The Morgan fingerprint density at radius 3 is 2.41 bits per heavy atom. The van der Waals surface area contributed by atoms with Crippen molar-refractivity contribution in [2.75, 3.05) is 20.2 Å². The van der Waals surface area contributed by atoms with E-state index >= 15 is 0 Å². The van der Waals surface area contributed by atoms with Crippen LogP contribution < -0.4 is 0 Å². The summed E-state index contributed by atoms with van der Waals surface area (Å²) < 4.78 is 4.67. The van der Waals surface area contributed by atoms with Crippen molar-refractivity contribution in [2.24, 2.45) is 5.92 Å². The molecular formula is C16H19Cl2NO3. The number of hydrogen-bond acceptors (Lipinski definition) is 3. The summed E-state index contributed by atoms with van der Waals surface area (Å²) in [5, 5.41) is 0.949. The van der Waals surface area contributed by atoms with E-state index in [0.29, 0.717) is 28.7 Å². The van der Waals surface area contributed by atoms with Crippen molar-refractivity contribution in [3.05, 3.63) is 39.9 Å². The zero-order valence-electron chi connectivity index (χ0n) is 12.8. The minimum absolute atomic E-state index is 0.214. The molecule has 0 aliphatic carbocycles. The van der Waals surface area contributed by atoms with Crippen LogP contribution in [0.5, 0.6) is 0 Å². The van der Waals surface area contributed by atoms with Crippen LogP contribution in [0.4, 0.5) is 0 Å². The summed E-state index contributed by atoms with van der Waals surface area (Å²) in [7, 11) is 1.33. The monoisotopic (exact) mass is 343 g/mol. The van der Waals surface area contributed by atoms with E-state index in [0.717, 1.165) is 0 Å². The van der Waals surface area contributed by atoms with E-state index in [1.807, 2.05) is 6.92 Å². The number of carbonyl (C=O) groups excluding carboxylic acids is 2. The molecule has 1 aromatic carbocycles. The van der Waals surface area contributed by atoms with Gasteiger partial charge in [0.25, 0.3) is 0 Å². The number of esters is 1. The largest absolute Gasteiger partial charge is 0.469 e. The molecule has 6 heteroatoms. The summed E-state index contributed by atoms with van der Waals surface area (Å²) in [5.41, 5.74) is 0.594. The van der Waals surface area contributed by atoms with Gasteiger partial charge in [0.1, 0.15) is 0 Å². The molecule has 0 bridgehead atoms. The average Bonchev–Trinajstić information content (AvgIpc) is 2.50. The first kappa shape index (κ1) is 18.5. The van der Waals surface area contributed by atoms with Gasteiger partial charge >= 0.3 is 5.97 Å². The predicted molar refractivity (Wildman–Crippen MR) is 88.9 cm³/mol. The first-order valence-electron chi connectivity index (χ1n) is 6.89. The first-order chi connectivity index (χ1) is 10.4. The second kappa shape index (κ2) is 8.81. The number of rotatable bonds is 6. The number of methoxy groups -OCH3 is 1. The molecule has 1 atom stereocenters. The molecule has 0 saturated heterocycles. The second-order valence-electron chi connectivity index (χ2n) is 4.77. The highest BCUT2D eigenvalue weighted by Gasteiger charge is 2.19. The van der Waals surface area contributed by atoms with Gasteiger partial charge in [0, 0.05) is 34.8 Å². The molecule has 0 aromatic heterocycles. The Morgan fingerprint density at radius 2 is 1.91 bits per heavy atom. The van der Waals surface area contributed by atoms with Crippen molar-refractivity contribution < 1.29 is 14.3 Å². The highest BCUT2D eigenvalue weighted by atomic mass is 35.5. The molecule has 1 aromatic rings. The van der Waals surface area contributed by atoms with Gasteiger partial charge in [-0.25, -0.2) is 0 Å². The van der Waals surface area contributed by atoms with E-state index < -0.39 is 0 Å². The number of amides is 1. The van der Waals surface area contributed by atoms with Crippen molar-refractivity contribution in [3.63, 3.8) is 0 Å². The van der Waals surface area contributed by atoms with Crippen LogP contribution in [-0.4, -0.2) is 37.0 Å². The summed E-state index contributed by atoms with van der Waals surface area (Å²) in [6, 6.07) is 5.14. The van der Waals surface area contributed by atoms with E-state index in [-0.39, 0.29) is 17.8 Å². The number of benzene rings is 1. The highest BCUT2D eigenvalue weighted by molar-refractivity contribution is 6.37. The molecular weight excluding hydrogens is 325 g/mol. The van der Waals surface area contributed by atoms with Crippen molar-refractivity contribution in [3.8, 4) is 0 Å². The smallest absolute Gasteiger partial charge is 0.310 e. The summed E-state index contributed by atoms with van der Waals surface area (Å²) in [6.07, 6.45) is 2.99. The number of hydrogen-bond donors (Lipinski definition) is 0. The first-order valence-corrected chi connectivity index (χ1v) is 7.65. The fourth-order valence-electron chi connectivity index (χ4n) is 1.91. The van der Waals surface area contributed by atoms with Gasteiger partial charge in [-0.05, 0) is 25.1 Å². The van der Waals surface area contributed by atoms with Crippen LogP contribution in [0, 0.1) is 5.92 Å². The molecule has 0 aliphatic rings. The molecule has 0 radical (unpaired) electrons. The van der Waals surface area contributed by atoms with Gasteiger partial charge < -0.3 is 9.64 Å². The standard InChI is InChI=1S/C16H19Cl2NO3/c1-4-19(10-11(2)16(21)22-3)15(20)9-8-12-13(17)6-5-7-14(12)18/h5-9,11H,4,10H2,1-3H3/b9-8+. The van der Waals surface area contributed by atoms with Gasteiger partial charge in [0.15, 0.2) is 0 Å². The summed E-state index contributed by atoms with van der Waals surface area (Å²) in [5.74, 6) is -0.940. The van der Waals surface area contributed by atoms with Gasteiger partial charge in [0.2, 0.25) is 5.91 Å². The van der Waals surface area contributed by atoms with E-state index in [2.05, 4.69) is 4.74 Å². The van der Waals surface area contributed by atoms with Crippen LogP contribution in [0.15, 0.2) is 24.3 Å². The number of ether oxygens (including phenoxy) is 1. The maximum Gasteiger partial charge on any atom is 0.310 e. The Kier molecular flexibility index (Phi) is 7.42. The molecule has 0 spiro atoms. The lowest BCUT2D eigenvalue weighted by atomic mass is 10.1. The number of halogens is 2. The van der Waals surface area contributed by atoms with Crippen molar-refractivity contribution in [1.82, 2.24) is 4.90 Å². The van der Waals surface area contributed by atoms with E-state index in [1.54, 1.807) is 36.1 Å².